The van der Waals surface area contributed by atoms with Gasteiger partial charge in [-0.3, -0.25) is 4.79 Å². The van der Waals surface area contributed by atoms with Crippen LogP contribution in [0, 0.1) is 11.3 Å². The van der Waals surface area contributed by atoms with Crippen LogP contribution >= 0.6 is 11.8 Å². The maximum absolute atomic E-state index is 10.4. The number of hydrogen-bond donors (Lipinski definition) is 1. The minimum Gasteiger partial charge on any atom is -0.481 e. The summed E-state index contributed by atoms with van der Waals surface area (Å²) in [6, 6.07) is 3.41. The van der Waals surface area contributed by atoms with Crippen molar-refractivity contribution in [3.8, 4) is 6.07 Å². The molecule has 0 spiro atoms. The average Bonchev–Trinajstić information content (AvgIpc) is 2.16. The van der Waals surface area contributed by atoms with Gasteiger partial charge in [-0.2, -0.15) is 5.26 Å². The Bertz CT molecular complexity index is 403. The molecule has 78 valence electrons. The van der Waals surface area contributed by atoms with E-state index in [1.54, 1.807) is 6.92 Å². The lowest BCUT2D eigenvalue weighted by atomic mass is 10.3. The zero-order chi connectivity index (χ0) is 11.3. The number of thioether (sulfide) groups is 1. The van der Waals surface area contributed by atoms with Gasteiger partial charge >= 0.3 is 5.97 Å². The van der Waals surface area contributed by atoms with E-state index >= 15 is 0 Å². The van der Waals surface area contributed by atoms with Crippen molar-refractivity contribution >= 4 is 17.7 Å². The van der Waals surface area contributed by atoms with E-state index in [1.165, 1.54) is 24.0 Å². The van der Waals surface area contributed by atoms with Crippen LogP contribution in [0.4, 0.5) is 0 Å². The van der Waals surface area contributed by atoms with Gasteiger partial charge in [-0.1, -0.05) is 18.7 Å². The summed E-state index contributed by atoms with van der Waals surface area (Å²) in [5, 5.41) is 17.5. The highest BCUT2D eigenvalue weighted by molar-refractivity contribution is 7.99. The molecule has 0 amide bonds. The Morgan fingerprint density at radius 1 is 1.80 bits per heavy atom. The first-order chi connectivity index (χ1) is 7.11. The Hall–Kier alpha value is -1.61. The maximum Gasteiger partial charge on any atom is 0.304 e. The van der Waals surface area contributed by atoms with Gasteiger partial charge in [0.15, 0.2) is 5.16 Å². The van der Waals surface area contributed by atoms with Crippen LogP contribution in [0.5, 0.6) is 0 Å². The standard InChI is InChI=1S/C9H9N3O2S/c1-6(4-8(13)14)15-9-11-3-2-7(5-10)12-9/h2-3,6H,4H2,1H3,(H,13,14). The van der Waals surface area contributed by atoms with Gasteiger partial charge < -0.3 is 5.11 Å². The fraction of sp³-hybridized carbons (Fsp3) is 0.333. The number of nitrogens with zero attached hydrogens (tertiary/aromatic N) is 3. The van der Waals surface area contributed by atoms with Gasteiger partial charge in [0.25, 0.3) is 0 Å². The SMILES string of the molecule is CC(CC(=O)O)Sc1nccc(C#N)n1. The molecule has 1 atom stereocenters. The monoisotopic (exact) mass is 223 g/mol. The molecule has 0 fully saturated rings. The summed E-state index contributed by atoms with van der Waals surface area (Å²) in [7, 11) is 0. The molecule has 0 aromatic carbocycles. The van der Waals surface area contributed by atoms with Crippen molar-refractivity contribution in [2.45, 2.75) is 23.8 Å². The smallest absolute Gasteiger partial charge is 0.304 e. The van der Waals surface area contributed by atoms with Gasteiger partial charge in [-0.05, 0) is 6.07 Å². The molecule has 0 saturated carbocycles. The Morgan fingerprint density at radius 3 is 3.13 bits per heavy atom. The number of aromatic nitrogens is 2. The number of rotatable bonds is 4. The van der Waals surface area contributed by atoms with Crippen LogP contribution in [0.2, 0.25) is 0 Å². The van der Waals surface area contributed by atoms with Crippen LogP contribution in [-0.2, 0) is 4.79 Å². The van der Waals surface area contributed by atoms with Crippen molar-refractivity contribution in [1.29, 1.82) is 5.26 Å². The average molecular weight is 223 g/mol. The molecule has 0 aliphatic carbocycles. The molecule has 5 nitrogen and oxygen atoms in total. The zero-order valence-corrected chi connectivity index (χ0v) is 8.86. The van der Waals surface area contributed by atoms with Crippen molar-refractivity contribution in [3.63, 3.8) is 0 Å². The Kier molecular flexibility index (Phi) is 4.06. The second kappa shape index (κ2) is 5.32. The lowest BCUT2D eigenvalue weighted by Crippen LogP contribution is -2.06. The van der Waals surface area contributed by atoms with Gasteiger partial charge in [-0.25, -0.2) is 9.97 Å². The first-order valence-electron chi connectivity index (χ1n) is 4.23. The third-order valence-electron chi connectivity index (χ3n) is 1.52. The second-order valence-corrected chi connectivity index (χ2v) is 4.27. The van der Waals surface area contributed by atoms with E-state index < -0.39 is 5.97 Å². The van der Waals surface area contributed by atoms with E-state index in [9.17, 15) is 4.79 Å². The molecule has 0 bridgehead atoms. The zero-order valence-electron chi connectivity index (χ0n) is 8.04. The highest BCUT2D eigenvalue weighted by Crippen LogP contribution is 2.21. The Labute approximate surface area is 91.2 Å². The minimum absolute atomic E-state index is 0.0464. The number of hydrogen-bond acceptors (Lipinski definition) is 5. The van der Waals surface area contributed by atoms with Gasteiger partial charge in [0.1, 0.15) is 11.8 Å². The Morgan fingerprint density at radius 2 is 2.53 bits per heavy atom. The lowest BCUT2D eigenvalue weighted by Gasteiger charge is -2.05. The Balaban J connectivity index is 2.64. The molecule has 1 rings (SSSR count). The van der Waals surface area contributed by atoms with Crippen molar-refractivity contribution < 1.29 is 9.90 Å². The van der Waals surface area contributed by atoms with Gasteiger partial charge in [0.05, 0.1) is 6.42 Å². The van der Waals surface area contributed by atoms with Crippen molar-refractivity contribution in [2.24, 2.45) is 0 Å². The van der Waals surface area contributed by atoms with Crippen LogP contribution < -0.4 is 0 Å². The van der Waals surface area contributed by atoms with E-state index in [0.717, 1.165) is 0 Å². The molecule has 0 aliphatic heterocycles. The quantitative estimate of drug-likeness (QED) is 0.611. The van der Waals surface area contributed by atoms with Crippen LogP contribution in [0.25, 0.3) is 0 Å². The number of carboxylic acid groups (broad SMARTS) is 1. The predicted molar refractivity (Wildman–Crippen MR) is 54.3 cm³/mol. The van der Waals surface area contributed by atoms with E-state index in [-0.39, 0.29) is 17.4 Å². The number of carboxylic acids is 1. The van der Waals surface area contributed by atoms with E-state index in [2.05, 4.69) is 9.97 Å². The van der Waals surface area contributed by atoms with Crippen molar-refractivity contribution in [3.05, 3.63) is 18.0 Å². The summed E-state index contributed by atoms with van der Waals surface area (Å²) in [5.74, 6) is -0.855. The van der Waals surface area contributed by atoms with E-state index in [1.807, 2.05) is 6.07 Å². The molecule has 0 aliphatic rings. The second-order valence-electron chi connectivity index (χ2n) is 2.86. The molecule has 1 aromatic rings. The molecule has 0 saturated heterocycles. The van der Waals surface area contributed by atoms with E-state index in [0.29, 0.717) is 5.16 Å². The third kappa shape index (κ3) is 3.95. The van der Waals surface area contributed by atoms with Crippen molar-refractivity contribution in [2.75, 3.05) is 0 Å². The topological polar surface area (TPSA) is 86.9 Å². The summed E-state index contributed by atoms with van der Waals surface area (Å²) in [4.78, 5) is 18.3. The highest BCUT2D eigenvalue weighted by atomic mass is 32.2. The first kappa shape index (κ1) is 11.5. The molecule has 1 N–H and O–H groups in total. The van der Waals surface area contributed by atoms with Gasteiger partial charge in [0, 0.05) is 11.4 Å². The number of carbonyl (C=O) groups is 1. The molecule has 15 heavy (non-hydrogen) atoms. The lowest BCUT2D eigenvalue weighted by molar-refractivity contribution is -0.136. The first-order valence-corrected chi connectivity index (χ1v) is 5.11. The normalized spacial score (nSPS) is 11.7. The van der Waals surface area contributed by atoms with Crippen LogP contribution in [0.15, 0.2) is 17.4 Å². The van der Waals surface area contributed by atoms with E-state index in [4.69, 9.17) is 10.4 Å². The minimum atomic E-state index is -0.855. The molecule has 1 heterocycles. The predicted octanol–water partition coefficient (Wildman–Crippen LogP) is 1.30. The summed E-state index contributed by atoms with van der Waals surface area (Å²) < 4.78 is 0. The highest BCUT2D eigenvalue weighted by Gasteiger charge is 2.11. The largest absolute Gasteiger partial charge is 0.481 e. The fourth-order valence-electron chi connectivity index (χ4n) is 0.927. The molecular weight excluding hydrogens is 214 g/mol. The molecule has 1 unspecified atom stereocenters. The summed E-state index contributed by atoms with van der Waals surface area (Å²) in [6.45, 7) is 1.78. The number of nitriles is 1. The molecule has 1 aromatic heterocycles. The van der Waals surface area contributed by atoms with Crippen molar-refractivity contribution in [1.82, 2.24) is 9.97 Å². The summed E-state index contributed by atoms with van der Waals surface area (Å²) >= 11 is 1.25. The van der Waals surface area contributed by atoms with Gasteiger partial charge in [-0.15, -0.1) is 0 Å². The molecular formula is C9H9N3O2S. The summed E-state index contributed by atoms with van der Waals surface area (Å²) in [5.41, 5.74) is 0.287. The maximum atomic E-state index is 10.4. The fourth-order valence-corrected chi connectivity index (χ4v) is 1.79. The summed E-state index contributed by atoms with van der Waals surface area (Å²) in [6.07, 6.45) is 1.53. The molecule has 0 radical (unpaired) electrons. The van der Waals surface area contributed by atoms with Gasteiger partial charge in [0.2, 0.25) is 0 Å². The molecule has 6 heteroatoms. The third-order valence-corrected chi connectivity index (χ3v) is 2.49. The number of aliphatic carboxylic acids is 1. The van der Waals surface area contributed by atoms with Crippen LogP contribution in [0.3, 0.4) is 0 Å². The van der Waals surface area contributed by atoms with Crippen LogP contribution in [-0.4, -0.2) is 26.3 Å². The van der Waals surface area contributed by atoms with Crippen LogP contribution in [0.1, 0.15) is 19.0 Å².